The molecule has 186 valence electrons. The molecule has 9 heteroatoms. The number of anilines is 1. The van der Waals surface area contributed by atoms with Gasteiger partial charge in [0, 0.05) is 19.2 Å². The van der Waals surface area contributed by atoms with Crippen molar-refractivity contribution in [3.8, 4) is 17.1 Å². The van der Waals surface area contributed by atoms with Crippen molar-refractivity contribution in [3.05, 3.63) is 96.1 Å². The molecular formula is C28H26N6O3. The van der Waals surface area contributed by atoms with Crippen LogP contribution in [0.4, 0.5) is 10.7 Å². The summed E-state index contributed by atoms with van der Waals surface area (Å²) in [7, 11) is 1.69. The summed E-state index contributed by atoms with van der Waals surface area (Å²) in [6.07, 6.45) is 0.177. The van der Waals surface area contributed by atoms with Gasteiger partial charge >= 0.3 is 6.03 Å². The second kappa shape index (κ2) is 9.42. The third kappa shape index (κ3) is 4.18. The molecule has 2 unspecified atom stereocenters. The fourth-order valence-electron chi connectivity index (χ4n) is 4.97. The summed E-state index contributed by atoms with van der Waals surface area (Å²) in [5, 5.41) is 11.4. The molecule has 2 aliphatic heterocycles. The Morgan fingerprint density at radius 3 is 2.24 bits per heavy atom. The Balaban J connectivity index is 1.29. The van der Waals surface area contributed by atoms with Crippen LogP contribution in [0.5, 0.6) is 5.75 Å². The van der Waals surface area contributed by atoms with Gasteiger partial charge in [0.05, 0.1) is 0 Å². The number of hydrogen-bond donors (Lipinski definition) is 1. The van der Waals surface area contributed by atoms with Crippen LogP contribution in [-0.4, -0.2) is 51.2 Å². The Kier molecular flexibility index (Phi) is 5.80. The predicted molar refractivity (Wildman–Crippen MR) is 138 cm³/mol. The number of rotatable bonds is 7. The molecule has 0 aliphatic carbocycles. The zero-order valence-electron chi connectivity index (χ0n) is 20.3. The Morgan fingerprint density at radius 2 is 1.54 bits per heavy atom. The van der Waals surface area contributed by atoms with E-state index in [4.69, 9.17) is 4.74 Å². The van der Waals surface area contributed by atoms with Gasteiger partial charge in [0.1, 0.15) is 18.5 Å². The summed E-state index contributed by atoms with van der Waals surface area (Å²) in [5.41, 5.74) is 3.07. The lowest BCUT2D eigenvalue weighted by Crippen LogP contribution is -2.61. The molecule has 0 radical (unpaired) electrons. The molecule has 0 saturated carbocycles. The molecule has 1 aromatic heterocycles. The molecule has 9 nitrogen and oxygen atoms in total. The Labute approximate surface area is 214 Å². The van der Waals surface area contributed by atoms with E-state index in [9.17, 15) is 9.59 Å². The second-order valence-electron chi connectivity index (χ2n) is 9.19. The third-order valence-corrected chi connectivity index (χ3v) is 6.88. The zero-order chi connectivity index (χ0) is 25.4. The molecule has 4 aromatic rings. The Bertz CT molecular complexity index is 1420. The molecule has 37 heavy (non-hydrogen) atoms. The van der Waals surface area contributed by atoms with Crippen molar-refractivity contribution in [3.63, 3.8) is 0 Å². The van der Waals surface area contributed by atoms with Crippen molar-refractivity contribution in [1.82, 2.24) is 25.0 Å². The summed E-state index contributed by atoms with van der Waals surface area (Å²) in [6.45, 7) is 1.04. The van der Waals surface area contributed by atoms with Gasteiger partial charge in [0.2, 0.25) is 5.95 Å². The van der Waals surface area contributed by atoms with Crippen LogP contribution in [0.1, 0.15) is 17.3 Å². The molecule has 1 saturated heterocycles. The van der Waals surface area contributed by atoms with Crippen LogP contribution < -0.4 is 15.0 Å². The topological polar surface area (TPSA) is 92.6 Å². The van der Waals surface area contributed by atoms with Crippen molar-refractivity contribution in [2.75, 3.05) is 18.5 Å². The van der Waals surface area contributed by atoms with Gasteiger partial charge in [-0.25, -0.2) is 4.79 Å². The quantitative estimate of drug-likeness (QED) is 0.422. The number of fused-ring (bicyclic) bond motifs is 3. The number of nitrogens with zero attached hydrogens (tertiary/aromatic N) is 5. The molecule has 1 N–H and O–H groups in total. The van der Waals surface area contributed by atoms with Crippen LogP contribution in [-0.2, 0) is 17.8 Å². The summed E-state index contributed by atoms with van der Waals surface area (Å²) >= 11 is 0. The minimum absolute atomic E-state index is 0.331. The largest absolute Gasteiger partial charge is 0.489 e. The molecular weight excluding hydrogens is 468 g/mol. The van der Waals surface area contributed by atoms with Crippen molar-refractivity contribution in [2.45, 2.75) is 25.2 Å². The molecule has 1 fully saturated rings. The van der Waals surface area contributed by atoms with Crippen molar-refractivity contribution < 1.29 is 14.3 Å². The van der Waals surface area contributed by atoms with E-state index >= 15 is 0 Å². The number of benzene rings is 3. The lowest BCUT2D eigenvalue weighted by Gasteiger charge is -2.37. The number of imide groups is 1. The van der Waals surface area contributed by atoms with Crippen molar-refractivity contribution in [1.29, 1.82) is 0 Å². The van der Waals surface area contributed by atoms with Gasteiger partial charge in [0.25, 0.3) is 5.91 Å². The van der Waals surface area contributed by atoms with Gasteiger partial charge in [-0.05, 0) is 41.8 Å². The van der Waals surface area contributed by atoms with Crippen molar-refractivity contribution in [2.24, 2.45) is 0 Å². The number of amides is 3. The first-order valence-electron chi connectivity index (χ1n) is 12.2. The van der Waals surface area contributed by atoms with Crippen molar-refractivity contribution >= 4 is 17.9 Å². The van der Waals surface area contributed by atoms with Crippen LogP contribution in [0.25, 0.3) is 11.4 Å². The van der Waals surface area contributed by atoms with Crippen LogP contribution in [0.3, 0.4) is 0 Å². The first-order chi connectivity index (χ1) is 18.1. The highest BCUT2D eigenvalue weighted by atomic mass is 16.5. The fraction of sp³-hybridized carbons (Fsp3) is 0.214. The fourth-order valence-corrected chi connectivity index (χ4v) is 4.97. The normalized spacial score (nSPS) is 18.4. The molecule has 0 bridgehead atoms. The van der Waals surface area contributed by atoms with E-state index in [0.29, 0.717) is 24.9 Å². The van der Waals surface area contributed by atoms with E-state index in [-0.39, 0.29) is 5.91 Å². The summed E-state index contributed by atoms with van der Waals surface area (Å²) in [6, 6.07) is 26.7. The highest BCUT2D eigenvalue weighted by molar-refractivity contribution is 6.02. The molecule has 3 aromatic carbocycles. The van der Waals surface area contributed by atoms with Gasteiger partial charge < -0.3 is 14.5 Å². The Morgan fingerprint density at radius 1 is 0.865 bits per heavy atom. The number of carbonyl (C=O) groups is 2. The highest BCUT2D eigenvalue weighted by Gasteiger charge is 2.52. The number of aromatic nitrogens is 3. The molecule has 3 heterocycles. The van der Waals surface area contributed by atoms with Crippen LogP contribution in [0.2, 0.25) is 0 Å². The smallest absolute Gasteiger partial charge is 0.325 e. The number of nitrogens with one attached hydrogen (secondary N) is 1. The van der Waals surface area contributed by atoms with E-state index < -0.39 is 18.2 Å². The lowest BCUT2D eigenvalue weighted by atomic mass is 10.1. The van der Waals surface area contributed by atoms with Crippen LogP contribution in [0, 0.1) is 0 Å². The molecule has 0 spiro atoms. The van der Waals surface area contributed by atoms with E-state index in [2.05, 4.69) is 27.6 Å². The minimum Gasteiger partial charge on any atom is -0.489 e. The number of carbonyl (C=O) groups excluding carboxylic acids is 2. The lowest BCUT2D eigenvalue weighted by molar-refractivity contribution is -0.124. The van der Waals surface area contributed by atoms with Gasteiger partial charge in [-0.2, -0.15) is 0 Å². The maximum Gasteiger partial charge on any atom is 0.325 e. The molecule has 2 atom stereocenters. The van der Waals surface area contributed by atoms with E-state index in [0.717, 1.165) is 28.9 Å². The number of urea groups is 1. The van der Waals surface area contributed by atoms with E-state index in [1.54, 1.807) is 11.9 Å². The summed E-state index contributed by atoms with van der Waals surface area (Å²) in [5.74, 6) is 1.57. The average molecular weight is 495 g/mol. The maximum absolute atomic E-state index is 13.0. The zero-order valence-corrected chi connectivity index (χ0v) is 20.3. The van der Waals surface area contributed by atoms with Gasteiger partial charge in [-0.1, -0.05) is 60.7 Å². The van der Waals surface area contributed by atoms with Crippen LogP contribution >= 0.6 is 0 Å². The van der Waals surface area contributed by atoms with Crippen LogP contribution in [0.15, 0.2) is 84.9 Å². The average Bonchev–Trinajstić information content (AvgIpc) is 3.50. The molecule has 6 rings (SSSR count). The highest BCUT2D eigenvalue weighted by Crippen LogP contribution is 2.41. The first-order valence-corrected chi connectivity index (χ1v) is 12.2. The summed E-state index contributed by atoms with van der Waals surface area (Å²) < 4.78 is 7.82. The van der Waals surface area contributed by atoms with Gasteiger partial charge in [-0.15, -0.1) is 10.2 Å². The molecule has 3 amide bonds. The first kappa shape index (κ1) is 22.8. The van der Waals surface area contributed by atoms with Gasteiger partial charge in [0.15, 0.2) is 11.9 Å². The number of ether oxygens (including phenoxy) is 1. The maximum atomic E-state index is 13.0. The Hall–Kier alpha value is -4.66. The van der Waals surface area contributed by atoms with Gasteiger partial charge in [-0.3, -0.25) is 14.7 Å². The third-order valence-electron chi connectivity index (χ3n) is 6.88. The minimum atomic E-state index is -0.593. The number of likely N-dealkylation sites (N-methyl/N-ethyl adjacent to an activating group) is 1. The number of hydrogen-bond acceptors (Lipinski definition) is 6. The molecule has 2 aliphatic rings. The predicted octanol–water partition coefficient (Wildman–Crippen LogP) is 3.64. The summed E-state index contributed by atoms with van der Waals surface area (Å²) in [4.78, 5) is 29.1. The van der Waals surface area contributed by atoms with E-state index in [1.807, 2.05) is 82.3 Å². The second-order valence-corrected chi connectivity index (χ2v) is 9.19. The monoisotopic (exact) mass is 494 g/mol. The standard InChI is InChI=1S/C28H26N6O3/c1-32-26-23(25(35)29-28(32)36)33(17-16-19-8-4-2-5-9-19)27-31-30-24(34(26)27)21-12-14-22(15-13-21)37-18-20-10-6-3-7-11-20/h2-15,23,26H,16-18H2,1H3,(H,29,35,36). The van der Waals surface area contributed by atoms with E-state index in [1.165, 1.54) is 0 Å². The SMILES string of the molecule is CN1C(=O)NC(=O)C2C1n1c(-c3ccc(OCc4ccccc4)cc3)nnc1N2CCc1ccccc1.